The zero-order valence-electron chi connectivity index (χ0n) is 22.0. The van der Waals surface area contributed by atoms with E-state index >= 15 is 0 Å². The number of amides is 3. The summed E-state index contributed by atoms with van der Waals surface area (Å²) in [7, 11) is 0. The number of hydrogen-bond donors (Lipinski definition) is 1. The Morgan fingerprint density at radius 1 is 1.15 bits per heavy atom. The van der Waals surface area contributed by atoms with Gasteiger partial charge in [-0.2, -0.15) is 0 Å². The zero-order chi connectivity index (χ0) is 28.6. The first-order valence-corrected chi connectivity index (χ1v) is 13.7. The fraction of sp³-hybridized carbons (Fsp3) is 0.448. The summed E-state index contributed by atoms with van der Waals surface area (Å²) >= 11 is 3.17. The largest absolute Gasteiger partial charge is 0.461 e. The van der Waals surface area contributed by atoms with Gasteiger partial charge in [-0.25, -0.2) is 8.78 Å². The van der Waals surface area contributed by atoms with E-state index in [1.807, 2.05) is 20.8 Å². The molecule has 39 heavy (non-hydrogen) atoms. The Kier molecular flexibility index (Phi) is 8.25. The number of fused-ring (bicyclic) bond motifs is 1. The van der Waals surface area contributed by atoms with Crippen LogP contribution >= 0.6 is 15.9 Å². The highest BCUT2D eigenvalue weighted by atomic mass is 79.9. The van der Waals surface area contributed by atoms with Crippen molar-refractivity contribution in [3.05, 3.63) is 69.2 Å². The second-order valence-electron chi connectivity index (χ2n) is 10.9. The number of halogens is 3. The minimum Gasteiger partial charge on any atom is -0.461 e. The summed E-state index contributed by atoms with van der Waals surface area (Å²) < 4.78 is 35.8. The fourth-order valence-corrected chi connectivity index (χ4v) is 6.13. The van der Waals surface area contributed by atoms with Crippen molar-refractivity contribution in [1.29, 1.82) is 0 Å². The molecule has 2 aromatic rings. The first-order chi connectivity index (χ1) is 18.3. The Hall–Kier alpha value is -3.14. The van der Waals surface area contributed by atoms with Crippen molar-refractivity contribution in [2.75, 3.05) is 0 Å². The summed E-state index contributed by atoms with van der Waals surface area (Å²) in [6.07, 6.45) is 0.926. The Balaban J connectivity index is 1.85. The van der Waals surface area contributed by atoms with Crippen LogP contribution in [0.4, 0.5) is 8.78 Å². The summed E-state index contributed by atoms with van der Waals surface area (Å²) in [6, 6.07) is 7.18. The molecule has 0 bridgehead atoms. The van der Waals surface area contributed by atoms with Gasteiger partial charge in [0.2, 0.25) is 5.91 Å². The minimum atomic E-state index is -2.41. The zero-order valence-corrected chi connectivity index (χ0v) is 23.6. The molecule has 0 saturated heterocycles. The van der Waals surface area contributed by atoms with E-state index in [1.54, 1.807) is 6.07 Å². The molecule has 2 aliphatic rings. The van der Waals surface area contributed by atoms with Crippen LogP contribution in [-0.4, -0.2) is 34.7 Å². The SMILES string of the molecule is CC(C)[C@@H]1CC[C@@H](C)C[C@H]1OC(=O)[C@]1(CC(N)=O)C(=O)N(Cc2ccc(Br)cc2F)C(=O)c2ccc(F)cc21. The Labute approximate surface area is 234 Å². The van der Waals surface area contributed by atoms with Crippen molar-refractivity contribution >= 4 is 39.6 Å². The average Bonchev–Trinajstić information content (AvgIpc) is 2.85. The third-order valence-corrected chi connectivity index (χ3v) is 8.37. The topological polar surface area (TPSA) is 107 Å². The first kappa shape index (κ1) is 28.9. The number of primary amides is 1. The molecule has 10 heteroatoms. The molecular formula is C29H31BrF2N2O5. The van der Waals surface area contributed by atoms with Gasteiger partial charge in [-0.15, -0.1) is 0 Å². The van der Waals surface area contributed by atoms with Crippen LogP contribution in [0.15, 0.2) is 40.9 Å². The van der Waals surface area contributed by atoms with Crippen molar-refractivity contribution < 1.29 is 32.7 Å². The molecule has 2 N–H and O–H groups in total. The summed E-state index contributed by atoms with van der Waals surface area (Å²) in [5, 5.41) is 0. The summed E-state index contributed by atoms with van der Waals surface area (Å²) in [6.45, 7) is 5.56. The van der Waals surface area contributed by atoms with Crippen LogP contribution in [0.2, 0.25) is 0 Å². The van der Waals surface area contributed by atoms with Gasteiger partial charge in [-0.1, -0.05) is 49.2 Å². The molecule has 1 saturated carbocycles. The normalized spacial score (nSPS) is 25.0. The van der Waals surface area contributed by atoms with Crippen LogP contribution in [0.1, 0.15) is 67.9 Å². The van der Waals surface area contributed by atoms with E-state index in [2.05, 4.69) is 15.9 Å². The second kappa shape index (κ2) is 11.2. The number of rotatable bonds is 7. The standard InChI is InChI=1S/C29H31BrF2N2O5/c1-15(2)20-8-4-16(3)10-24(20)39-28(38)29(13-25(33)35)22-12-19(31)7-9-21(22)26(36)34(27(29)37)14-17-5-6-18(30)11-23(17)32/h5-7,9,11-12,15-16,20,24H,4,8,10,13-14H2,1-3H3,(H2,33,35)/t16-,20+,24-,29+/m1/s1. The van der Waals surface area contributed by atoms with Crippen molar-refractivity contribution in [2.24, 2.45) is 23.5 Å². The quantitative estimate of drug-likeness (QED) is 0.271. The molecule has 0 radical (unpaired) electrons. The monoisotopic (exact) mass is 604 g/mol. The fourth-order valence-electron chi connectivity index (χ4n) is 5.79. The maximum atomic E-state index is 14.7. The highest BCUT2D eigenvalue weighted by Gasteiger charge is 2.59. The third kappa shape index (κ3) is 5.48. The van der Waals surface area contributed by atoms with Crippen LogP contribution in [0.3, 0.4) is 0 Å². The van der Waals surface area contributed by atoms with Crippen LogP contribution < -0.4 is 5.73 Å². The van der Waals surface area contributed by atoms with Gasteiger partial charge in [0.25, 0.3) is 11.8 Å². The maximum Gasteiger partial charge on any atom is 0.327 e. The average molecular weight is 605 g/mol. The summed E-state index contributed by atoms with van der Waals surface area (Å²) in [4.78, 5) is 54.8. The van der Waals surface area contributed by atoms with Crippen LogP contribution in [0, 0.1) is 29.4 Å². The lowest BCUT2D eigenvalue weighted by Gasteiger charge is -2.42. The van der Waals surface area contributed by atoms with Gasteiger partial charge in [-0.05, 0) is 66.5 Å². The van der Waals surface area contributed by atoms with E-state index in [4.69, 9.17) is 10.5 Å². The number of esters is 1. The number of nitrogens with two attached hydrogens (primary N) is 1. The number of carbonyl (C=O) groups excluding carboxylic acids is 4. The number of hydrogen-bond acceptors (Lipinski definition) is 5. The molecule has 7 nitrogen and oxygen atoms in total. The van der Waals surface area contributed by atoms with E-state index in [1.165, 1.54) is 12.1 Å². The number of benzene rings is 2. The number of carbonyl (C=O) groups is 4. The molecule has 3 amide bonds. The Morgan fingerprint density at radius 2 is 1.87 bits per heavy atom. The highest BCUT2D eigenvalue weighted by Crippen LogP contribution is 2.43. The van der Waals surface area contributed by atoms with E-state index in [-0.39, 0.29) is 34.4 Å². The lowest BCUT2D eigenvalue weighted by Crippen LogP contribution is -2.60. The van der Waals surface area contributed by atoms with E-state index in [0.29, 0.717) is 15.8 Å². The molecule has 1 aliphatic carbocycles. The Bertz CT molecular complexity index is 1330. The maximum absolute atomic E-state index is 14.7. The van der Waals surface area contributed by atoms with E-state index in [0.717, 1.165) is 31.0 Å². The van der Waals surface area contributed by atoms with Crippen LogP contribution in [0.25, 0.3) is 0 Å². The second-order valence-corrected chi connectivity index (χ2v) is 11.9. The van der Waals surface area contributed by atoms with Gasteiger partial charge in [0.1, 0.15) is 17.7 Å². The van der Waals surface area contributed by atoms with E-state index in [9.17, 15) is 28.0 Å². The molecule has 0 unspecified atom stereocenters. The molecule has 1 aliphatic heterocycles. The molecule has 4 rings (SSSR count). The molecule has 4 atom stereocenters. The van der Waals surface area contributed by atoms with Gasteiger partial charge in [0.05, 0.1) is 13.0 Å². The molecule has 1 fully saturated rings. The molecule has 2 aromatic carbocycles. The predicted molar refractivity (Wildman–Crippen MR) is 142 cm³/mol. The van der Waals surface area contributed by atoms with E-state index < -0.39 is 59.8 Å². The van der Waals surface area contributed by atoms with Gasteiger partial charge in [0, 0.05) is 15.6 Å². The molecule has 208 valence electrons. The van der Waals surface area contributed by atoms with Crippen molar-refractivity contribution in [2.45, 2.75) is 64.5 Å². The van der Waals surface area contributed by atoms with Gasteiger partial charge in [0.15, 0.2) is 5.41 Å². The summed E-state index contributed by atoms with van der Waals surface area (Å²) in [5.41, 5.74) is 2.70. The molecule has 0 aromatic heterocycles. The van der Waals surface area contributed by atoms with Gasteiger partial charge < -0.3 is 10.5 Å². The van der Waals surface area contributed by atoms with Gasteiger partial charge in [-0.3, -0.25) is 24.1 Å². The van der Waals surface area contributed by atoms with Gasteiger partial charge >= 0.3 is 5.97 Å². The number of nitrogens with zero attached hydrogens (tertiary/aromatic N) is 1. The lowest BCUT2D eigenvalue weighted by atomic mass is 9.70. The predicted octanol–water partition coefficient (Wildman–Crippen LogP) is 5.03. The van der Waals surface area contributed by atoms with Crippen LogP contribution in [0.5, 0.6) is 0 Å². The smallest absolute Gasteiger partial charge is 0.327 e. The molecular weight excluding hydrogens is 574 g/mol. The summed E-state index contributed by atoms with van der Waals surface area (Å²) in [5.74, 6) is -5.10. The molecule has 0 spiro atoms. The minimum absolute atomic E-state index is 0.00720. The Morgan fingerprint density at radius 3 is 2.51 bits per heavy atom. The molecule has 1 heterocycles. The highest BCUT2D eigenvalue weighted by molar-refractivity contribution is 9.10. The van der Waals surface area contributed by atoms with Crippen LogP contribution in [-0.2, 0) is 31.1 Å². The van der Waals surface area contributed by atoms with Crippen molar-refractivity contribution in [3.63, 3.8) is 0 Å². The van der Waals surface area contributed by atoms with Crippen molar-refractivity contribution in [1.82, 2.24) is 4.90 Å². The van der Waals surface area contributed by atoms with Crippen molar-refractivity contribution in [3.8, 4) is 0 Å². The third-order valence-electron chi connectivity index (χ3n) is 7.88. The first-order valence-electron chi connectivity index (χ1n) is 12.9. The lowest BCUT2D eigenvalue weighted by molar-refractivity contribution is -0.169. The number of ether oxygens (including phenoxy) is 1. The number of imide groups is 1.